The predicted molar refractivity (Wildman–Crippen MR) is 282 cm³/mol. The summed E-state index contributed by atoms with van der Waals surface area (Å²) in [7, 11) is 0. The van der Waals surface area contributed by atoms with Crippen molar-refractivity contribution in [2.24, 2.45) is 0 Å². The van der Waals surface area contributed by atoms with Crippen LogP contribution in [0, 0.1) is 27.7 Å². The topological polar surface area (TPSA) is 6.48 Å². The fraction of sp³-hybridized carbons (Fsp3) is 0.344. The molecule has 66 heavy (non-hydrogen) atoms. The van der Waals surface area contributed by atoms with Gasteiger partial charge >= 0.3 is 0 Å². The van der Waals surface area contributed by atoms with Gasteiger partial charge in [-0.25, -0.2) is 0 Å². The smallest absolute Gasteiger partial charge is 0.0467 e. The van der Waals surface area contributed by atoms with Crippen LogP contribution in [-0.4, -0.2) is 0 Å². The maximum atomic E-state index is 2.59. The largest absolute Gasteiger partial charge is 0.310 e. The van der Waals surface area contributed by atoms with Crippen LogP contribution >= 0.6 is 0 Å². The molecule has 4 aliphatic rings. The number of hydrogen-bond donors (Lipinski definition) is 0. The molecule has 11 rings (SSSR count). The summed E-state index contributed by atoms with van der Waals surface area (Å²) in [6, 6.07) is 52.4. The molecule has 0 amide bonds. The number of hydrogen-bond acceptors (Lipinski definition) is 2. The summed E-state index contributed by atoms with van der Waals surface area (Å²) in [4.78, 5) is 4.98. The molecule has 2 fully saturated rings. The van der Waals surface area contributed by atoms with E-state index in [0.29, 0.717) is 11.8 Å². The van der Waals surface area contributed by atoms with Gasteiger partial charge in [0.1, 0.15) is 0 Å². The molecule has 4 aliphatic carbocycles. The molecule has 0 N–H and O–H groups in total. The van der Waals surface area contributed by atoms with Crippen molar-refractivity contribution in [2.75, 3.05) is 9.80 Å². The van der Waals surface area contributed by atoms with Gasteiger partial charge in [-0.1, -0.05) is 126 Å². The normalized spacial score (nSPS) is 17.2. The van der Waals surface area contributed by atoms with Crippen LogP contribution in [0.4, 0.5) is 34.1 Å². The first-order chi connectivity index (χ1) is 31.9. The van der Waals surface area contributed by atoms with E-state index >= 15 is 0 Å². The SMILES string of the molecule is Cc1ccc(N(c2ccc(C3CCCCC3)cc2)c2cc(C)c3c(c2)C(C)(C)c2cc4c(cc2-3)C(C)(C)c2cc(N(c3ccc(C)cc3)c3ccc(C5CCCCC5)cc3)cc(C)c2-4)cc1. The van der Waals surface area contributed by atoms with Gasteiger partial charge < -0.3 is 9.80 Å². The Morgan fingerprint density at radius 3 is 1.00 bits per heavy atom. The summed E-state index contributed by atoms with van der Waals surface area (Å²) < 4.78 is 0. The zero-order valence-corrected chi connectivity index (χ0v) is 40.8. The summed E-state index contributed by atoms with van der Waals surface area (Å²) in [5, 5.41) is 0. The highest BCUT2D eigenvalue weighted by molar-refractivity contribution is 5.94. The van der Waals surface area contributed by atoms with Crippen molar-refractivity contribution in [3.63, 3.8) is 0 Å². The van der Waals surface area contributed by atoms with Crippen LogP contribution in [-0.2, 0) is 10.8 Å². The Morgan fingerprint density at radius 2 is 0.667 bits per heavy atom. The van der Waals surface area contributed by atoms with Gasteiger partial charge in [0.05, 0.1) is 0 Å². The lowest BCUT2D eigenvalue weighted by atomic mass is 9.79. The van der Waals surface area contributed by atoms with Crippen LogP contribution in [0.25, 0.3) is 22.3 Å². The van der Waals surface area contributed by atoms with Gasteiger partial charge in [0.2, 0.25) is 0 Å². The molecule has 7 aromatic carbocycles. The first kappa shape index (κ1) is 42.8. The van der Waals surface area contributed by atoms with E-state index in [1.807, 2.05) is 0 Å². The van der Waals surface area contributed by atoms with Crippen LogP contribution < -0.4 is 9.80 Å². The average molecular weight is 865 g/mol. The molecule has 0 saturated heterocycles. The minimum absolute atomic E-state index is 0.184. The van der Waals surface area contributed by atoms with Crippen molar-refractivity contribution in [3.8, 4) is 22.3 Å². The molecule has 2 nitrogen and oxygen atoms in total. The molecule has 334 valence electrons. The number of anilines is 6. The third-order valence-electron chi connectivity index (χ3n) is 16.6. The summed E-state index contributed by atoms with van der Waals surface area (Å²) in [6.07, 6.45) is 13.4. The van der Waals surface area contributed by atoms with E-state index in [0.717, 1.165) is 0 Å². The van der Waals surface area contributed by atoms with E-state index < -0.39 is 0 Å². The molecule has 0 bridgehead atoms. The van der Waals surface area contributed by atoms with Crippen molar-refractivity contribution in [1.82, 2.24) is 0 Å². The van der Waals surface area contributed by atoms with Crippen LogP contribution in [0.2, 0.25) is 0 Å². The highest BCUT2D eigenvalue weighted by Gasteiger charge is 2.43. The molecule has 0 radical (unpaired) electrons. The van der Waals surface area contributed by atoms with Gasteiger partial charge in [0.15, 0.2) is 0 Å². The highest BCUT2D eigenvalue weighted by Crippen LogP contribution is 2.59. The van der Waals surface area contributed by atoms with Gasteiger partial charge in [0, 0.05) is 45.0 Å². The van der Waals surface area contributed by atoms with Gasteiger partial charge in [-0.3, -0.25) is 0 Å². The van der Waals surface area contributed by atoms with Crippen LogP contribution in [0.15, 0.2) is 133 Å². The molecule has 0 heterocycles. The zero-order chi connectivity index (χ0) is 45.5. The lowest BCUT2D eigenvalue weighted by Crippen LogP contribution is -2.18. The van der Waals surface area contributed by atoms with Crippen molar-refractivity contribution in [2.45, 2.75) is 142 Å². The summed E-state index contributed by atoms with van der Waals surface area (Å²) in [6.45, 7) is 18.9. The van der Waals surface area contributed by atoms with Crippen LogP contribution in [0.5, 0.6) is 0 Å². The molecule has 0 unspecified atom stereocenters. The van der Waals surface area contributed by atoms with Crippen LogP contribution in [0.1, 0.15) is 159 Å². The van der Waals surface area contributed by atoms with E-state index in [1.54, 1.807) is 0 Å². The Bertz CT molecular complexity index is 2730. The lowest BCUT2D eigenvalue weighted by Gasteiger charge is -2.30. The van der Waals surface area contributed by atoms with E-state index in [1.165, 1.54) is 176 Å². The van der Waals surface area contributed by atoms with Gasteiger partial charge in [-0.2, -0.15) is 0 Å². The lowest BCUT2D eigenvalue weighted by molar-refractivity contribution is 0.443. The van der Waals surface area contributed by atoms with Crippen molar-refractivity contribution in [3.05, 3.63) is 189 Å². The predicted octanol–water partition coefficient (Wildman–Crippen LogP) is 18.6. The van der Waals surface area contributed by atoms with E-state index in [2.05, 4.69) is 199 Å². The second kappa shape index (κ2) is 16.5. The van der Waals surface area contributed by atoms with E-state index in [-0.39, 0.29) is 10.8 Å². The molecule has 2 heteroatoms. The number of benzene rings is 7. The van der Waals surface area contributed by atoms with Crippen LogP contribution in [0.3, 0.4) is 0 Å². The minimum Gasteiger partial charge on any atom is -0.310 e. The average Bonchev–Trinajstić information content (AvgIpc) is 3.69. The molecule has 2 saturated carbocycles. The summed E-state index contributed by atoms with van der Waals surface area (Å²) in [5.41, 5.74) is 26.4. The Balaban J connectivity index is 0.983. The minimum atomic E-state index is -0.184. The molecule has 0 aromatic heterocycles. The quantitative estimate of drug-likeness (QED) is 0.150. The second-order valence-corrected chi connectivity index (χ2v) is 21.8. The van der Waals surface area contributed by atoms with Gasteiger partial charge in [0.25, 0.3) is 0 Å². The molecular formula is C64H68N2. The first-order valence-electron chi connectivity index (χ1n) is 25.3. The summed E-state index contributed by atoms with van der Waals surface area (Å²) in [5.74, 6) is 1.38. The number of nitrogens with zero attached hydrogens (tertiary/aromatic N) is 2. The fourth-order valence-electron chi connectivity index (χ4n) is 12.8. The Kier molecular flexibility index (Phi) is 10.7. The van der Waals surface area contributed by atoms with E-state index in [9.17, 15) is 0 Å². The molecular weight excluding hydrogens is 797 g/mol. The number of aryl methyl sites for hydroxylation is 4. The number of rotatable bonds is 8. The Hall–Kier alpha value is -5.86. The molecule has 0 atom stereocenters. The first-order valence-corrected chi connectivity index (χ1v) is 25.3. The van der Waals surface area contributed by atoms with Crippen molar-refractivity contribution in [1.29, 1.82) is 0 Å². The molecule has 7 aromatic rings. The second-order valence-electron chi connectivity index (χ2n) is 21.8. The maximum absolute atomic E-state index is 2.59. The van der Waals surface area contributed by atoms with Crippen molar-refractivity contribution < 1.29 is 0 Å². The summed E-state index contributed by atoms with van der Waals surface area (Å²) >= 11 is 0. The third-order valence-corrected chi connectivity index (χ3v) is 16.6. The van der Waals surface area contributed by atoms with E-state index in [4.69, 9.17) is 0 Å². The highest BCUT2D eigenvalue weighted by atomic mass is 15.1. The maximum Gasteiger partial charge on any atom is 0.0467 e. The fourth-order valence-corrected chi connectivity index (χ4v) is 12.8. The number of fused-ring (bicyclic) bond motifs is 6. The zero-order valence-electron chi connectivity index (χ0n) is 40.8. The third kappa shape index (κ3) is 7.22. The Labute approximate surface area is 395 Å². The van der Waals surface area contributed by atoms with Crippen molar-refractivity contribution >= 4 is 34.1 Å². The molecule has 0 spiro atoms. The molecule has 0 aliphatic heterocycles. The van der Waals surface area contributed by atoms with Gasteiger partial charge in [-0.15, -0.1) is 0 Å². The standard InChI is InChI=1S/C64H68N2/c1-41-19-27-49(28-20-41)65(51-31-23-47(24-32-51)45-15-11-9-12-16-45)53-35-43(3)61-55-39-58-56(40-57(55)63(5,6)59(61)37-53)62-44(4)36-54(38-60(62)64(58,7)8)66(50-29-21-42(2)22-30-50)52-33-25-48(26-34-52)46-17-13-10-14-18-46/h19-40,45-46H,9-18H2,1-8H3. The van der Waals surface area contributed by atoms with Gasteiger partial charge in [-0.05, 0) is 217 Å². The Morgan fingerprint density at radius 1 is 0.348 bits per heavy atom. The monoisotopic (exact) mass is 865 g/mol.